The first-order chi connectivity index (χ1) is 12.0. The molecule has 2 aromatic rings. The van der Waals surface area contributed by atoms with Gasteiger partial charge in [0.25, 0.3) is 0 Å². The minimum atomic E-state index is -0.324. The molecule has 6 heteroatoms. The number of carbonyl (C=O) groups is 2. The van der Waals surface area contributed by atoms with Crippen LogP contribution in [-0.2, 0) is 4.79 Å². The van der Waals surface area contributed by atoms with Crippen LogP contribution in [0.1, 0.15) is 11.1 Å². The second-order valence-corrected chi connectivity index (χ2v) is 5.35. The lowest BCUT2D eigenvalue weighted by molar-refractivity contribution is -0.111. The quantitative estimate of drug-likeness (QED) is 0.730. The van der Waals surface area contributed by atoms with Crippen molar-refractivity contribution in [1.29, 1.82) is 0 Å². The van der Waals surface area contributed by atoms with E-state index in [-0.39, 0.29) is 11.9 Å². The van der Waals surface area contributed by atoms with Gasteiger partial charge in [-0.15, -0.1) is 0 Å². The van der Waals surface area contributed by atoms with E-state index < -0.39 is 0 Å². The van der Waals surface area contributed by atoms with E-state index in [1.165, 1.54) is 13.1 Å². The first-order valence-corrected chi connectivity index (χ1v) is 7.74. The summed E-state index contributed by atoms with van der Waals surface area (Å²) in [5.41, 5.74) is 3.07. The molecule has 3 N–H and O–H groups in total. The third kappa shape index (κ3) is 5.39. The van der Waals surface area contributed by atoms with Crippen molar-refractivity contribution in [2.45, 2.75) is 6.92 Å². The molecule has 0 radical (unpaired) electrons. The molecule has 2 rings (SSSR count). The molecule has 0 unspecified atom stereocenters. The predicted molar refractivity (Wildman–Crippen MR) is 99.9 cm³/mol. The molecule has 2 aromatic carbocycles. The molecule has 0 saturated carbocycles. The van der Waals surface area contributed by atoms with Crippen LogP contribution in [0.3, 0.4) is 0 Å². The summed E-state index contributed by atoms with van der Waals surface area (Å²) in [5, 5.41) is 7.87. The maximum Gasteiger partial charge on any atom is 0.318 e. The fourth-order valence-corrected chi connectivity index (χ4v) is 2.20. The zero-order valence-corrected chi connectivity index (χ0v) is 14.4. The molecule has 0 heterocycles. The first kappa shape index (κ1) is 18.1. The molecular formula is C19H21N3O3. The zero-order valence-electron chi connectivity index (χ0n) is 14.4. The van der Waals surface area contributed by atoms with Crippen LogP contribution in [0, 0.1) is 6.92 Å². The van der Waals surface area contributed by atoms with Gasteiger partial charge in [-0.25, -0.2) is 4.79 Å². The van der Waals surface area contributed by atoms with Gasteiger partial charge in [-0.1, -0.05) is 17.7 Å². The first-order valence-electron chi connectivity index (χ1n) is 7.74. The number of aryl methyl sites for hydroxylation is 1. The van der Waals surface area contributed by atoms with E-state index in [1.54, 1.807) is 37.5 Å². The number of methoxy groups -OCH3 is 1. The fourth-order valence-electron chi connectivity index (χ4n) is 2.20. The van der Waals surface area contributed by atoms with Crippen molar-refractivity contribution in [3.63, 3.8) is 0 Å². The maximum atomic E-state index is 12.1. The number of ether oxygens (including phenoxy) is 1. The highest BCUT2D eigenvalue weighted by molar-refractivity contribution is 6.02. The molecule has 0 aliphatic heterocycles. The van der Waals surface area contributed by atoms with Gasteiger partial charge in [0, 0.05) is 30.1 Å². The highest BCUT2D eigenvalue weighted by Crippen LogP contribution is 2.21. The summed E-state index contributed by atoms with van der Waals surface area (Å²) in [6, 6.07) is 12.3. The summed E-state index contributed by atoms with van der Waals surface area (Å²) in [7, 11) is 3.12. The number of urea groups is 1. The van der Waals surface area contributed by atoms with Gasteiger partial charge in [-0.2, -0.15) is 0 Å². The Morgan fingerprint density at radius 1 is 1.04 bits per heavy atom. The van der Waals surface area contributed by atoms with Crippen LogP contribution >= 0.6 is 0 Å². The number of nitrogens with one attached hydrogen (secondary N) is 3. The second kappa shape index (κ2) is 8.54. The van der Waals surface area contributed by atoms with Crippen molar-refractivity contribution in [3.8, 4) is 5.75 Å². The Kier molecular flexibility index (Phi) is 6.17. The predicted octanol–water partition coefficient (Wildman–Crippen LogP) is 3.41. The summed E-state index contributed by atoms with van der Waals surface area (Å²) in [6.45, 7) is 1.97. The van der Waals surface area contributed by atoms with Crippen molar-refractivity contribution >= 4 is 29.4 Å². The molecule has 0 aliphatic rings. The van der Waals surface area contributed by atoms with Crippen molar-refractivity contribution in [1.82, 2.24) is 5.32 Å². The Bertz CT molecular complexity index is 800. The van der Waals surface area contributed by atoms with Gasteiger partial charge in [0.1, 0.15) is 5.75 Å². The lowest BCUT2D eigenvalue weighted by Crippen LogP contribution is -2.24. The van der Waals surface area contributed by atoms with Gasteiger partial charge < -0.3 is 20.7 Å². The molecule has 0 aliphatic carbocycles. The summed E-state index contributed by atoms with van der Waals surface area (Å²) in [6.07, 6.45) is 3.14. The van der Waals surface area contributed by atoms with E-state index in [9.17, 15) is 9.59 Å². The lowest BCUT2D eigenvalue weighted by Gasteiger charge is -2.08. The topological polar surface area (TPSA) is 79.5 Å². The molecule has 0 bridgehead atoms. The number of hydrogen-bond acceptors (Lipinski definition) is 3. The fraction of sp³-hybridized carbons (Fsp3) is 0.158. The van der Waals surface area contributed by atoms with Gasteiger partial charge in [-0.3, -0.25) is 4.79 Å². The lowest BCUT2D eigenvalue weighted by atomic mass is 10.1. The Hall–Kier alpha value is -3.28. The normalized spacial score (nSPS) is 10.4. The van der Waals surface area contributed by atoms with E-state index in [1.807, 2.05) is 25.1 Å². The molecule has 3 amide bonds. The van der Waals surface area contributed by atoms with E-state index in [0.29, 0.717) is 17.1 Å². The summed E-state index contributed by atoms with van der Waals surface area (Å²) < 4.78 is 5.29. The van der Waals surface area contributed by atoms with E-state index in [0.717, 1.165) is 11.1 Å². The number of rotatable bonds is 5. The molecule has 0 fully saturated rings. The van der Waals surface area contributed by atoms with E-state index >= 15 is 0 Å². The van der Waals surface area contributed by atoms with Gasteiger partial charge in [0.15, 0.2) is 0 Å². The van der Waals surface area contributed by atoms with Crippen LogP contribution in [0.15, 0.2) is 48.5 Å². The zero-order chi connectivity index (χ0) is 18.2. The van der Waals surface area contributed by atoms with E-state index in [2.05, 4.69) is 16.0 Å². The average Bonchev–Trinajstić information content (AvgIpc) is 2.60. The minimum Gasteiger partial charge on any atom is -0.496 e. The Morgan fingerprint density at radius 2 is 1.76 bits per heavy atom. The Morgan fingerprint density at radius 3 is 2.44 bits per heavy atom. The molecule has 0 spiro atoms. The van der Waals surface area contributed by atoms with Gasteiger partial charge in [0.05, 0.1) is 7.11 Å². The molecule has 0 aromatic heterocycles. The molecular weight excluding hydrogens is 318 g/mol. The summed E-state index contributed by atoms with van der Waals surface area (Å²) >= 11 is 0. The van der Waals surface area contributed by atoms with Crippen LogP contribution in [0.5, 0.6) is 5.75 Å². The van der Waals surface area contributed by atoms with Crippen LogP contribution in [0.25, 0.3) is 6.08 Å². The Balaban J connectivity index is 2.06. The summed E-state index contributed by atoms with van der Waals surface area (Å²) in [5.74, 6) is 0.423. The van der Waals surface area contributed by atoms with Crippen LogP contribution < -0.4 is 20.7 Å². The van der Waals surface area contributed by atoms with Gasteiger partial charge in [0.2, 0.25) is 5.91 Å². The SMILES string of the molecule is CNC(=O)Nc1cccc(NC(=O)/C=C/c2cc(C)ccc2OC)c1. The van der Waals surface area contributed by atoms with Gasteiger partial charge in [-0.05, 0) is 43.3 Å². The highest BCUT2D eigenvalue weighted by Gasteiger charge is 2.04. The molecule has 0 saturated heterocycles. The third-order valence-corrected chi connectivity index (χ3v) is 3.41. The number of carbonyl (C=O) groups excluding carboxylic acids is 2. The number of benzene rings is 2. The van der Waals surface area contributed by atoms with Crippen molar-refractivity contribution in [2.24, 2.45) is 0 Å². The molecule has 25 heavy (non-hydrogen) atoms. The number of anilines is 2. The third-order valence-electron chi connectivity index (χ3n) is 3.41. The number of amides is 3. The summed E-state index contributed by atoms with van der Waals surface area (Å²) in [4.78, 5) is 23.5. The highest BCUT2D eigenvalue weighted by atomic mass is 16.5. The molecule has 130 valence electrons. The van der Waals surface area contributed by atoms with Crippen molar-refractivity contribution < 1.29 is 14.3 Å². The molecule has 0 atom stereocenters. The smallest absolute Gasteiger partial charge is 0.318 e. The Labute approximate surface area is 146 Å². The number of hydrogen-bond donors (Lipinski definition) is 3. The van der Waals surface area contributed by atoms with Crippen LogP contribution in [-0.4, -0.2) is 26.1 Å². The van der Waals surface area contributed by atoms with Crippen molar-refractivity contribution in [2.75, 3.05) is 24.8 Å². The monoisotopic (exact) mass is 339 g/mol. The molecule has 6 nitrogen and oxygen atoms in total. The van der Waals surface area contributed by atoms with Crippen LogP contribution in [0.2, 0.25) is 0 Å². The van der Waals surface area contributed by atoms with Gasteiger partial charge >= 0.3 is 6.03 Å². The largest absolute Gasteiger partial charge is 0.496 e. The second-order valence-electron chi connectivity index (χ2n) is 5.35. The van der Waals surface area contributed by atoms with Crippen molar-refractivity contribution in [3.05, 3.63) is 59.7 Å². The van der Waals surface area contributed by atoms with Crippen LogP contribution in [0.4, 0.5) is 16.2 Å². The standard InChI is InChI=1S/C19H21N3O3/c1-13-7-9-17(25-3)14(11-13)8-10-18(23)21-15-5-4-6-16(12-15)22-19(24)20-2/h4-12H,1-3H3,(H,21,23)(H2,20,22,24)/b10-8+. The maximum absolute atomic E-state index is 12.1. The average molecular weight is 339 g/mol. The van der Waals surface area contributed by atoms with E-state index in [4.69, 9.17) is 4.74 Å². The minimum absolute atomic E-state index is 0.277.